The highest BCUT2D eigenvalue weighted by Crippen LogP contribution is 2.49. The predicted molar refractivity (Wildman–Crippen MR) is 114 cm³/mol. The third-order valence-electron chi connectivity index (χ3n) is 6.76. The molecule has 0 spiro atoms. The number of nitrogens with zero attached hydrogens (tertiary/aromatic N) is 5. The molecule has 1 saturated carbocycles. The lowest BCUT2D eigenvalue weighted by atomic mass is 9.94. The van der Waals surface area contributed by atoms with Crippen molar-refractivity contribution in [2.75, 3.05) is 49.1 Å². The van der Waals surface area contributed by atoms with Crippen LogP contribution in [-0.2, 0) is 10.2 Å². The second-order valence-corrected chi connectivity index (χ2v) is 8.67. The molecule has 0 unspecified atom stereocenters. The summed E-state index contributed by atoms with van der Waals surface area (Å²) >= 11 is 0. The van der Waals surface area contributed by atoms with E-state index in [0.29, 0.717) is 13.1 Å². The number of halogens is 1. The number of hydrogen-bond acceptors (Lipinski definition) is 5. The van der Waals surface area contributed by atoms with Gasteiger partial charge in [0.25, 0.3) is 0 Å². The summed E-state index contributed by atoms with van der Waals surface area (Å²) in [5.41, 5.74) is 0.502. The van der Waals surface area contributed by atoms with Crippen LogP contribution in [0, 0.1) is 5.82 Å². The summed E-state index contributed by atoms with van der Waals surface area (Å²) < 4.78 is 13.3. The van der Waals surface area contributed by atoms with Gasteiger partial charge >= 0.3 is 0 Å². The summed E-state index contributed by atoms with van der Waals surface area (Å²) in [4.78, 5) is 19.7. The van der Waals surface area contributed by atoms with Gasteiger partial charge in [0.2, 0.25) is 5.91 Å². The van der Waals surface area contributed by atoms with E-state index < -0.39 is 5.41 Å². The van der Waals surface area contributed by atoms with Gasteiger partial charge < -0.3 is 14.7 Å². The molecule has 2 aliphatic heterocycles. The van der Waals surface area contributed by atoms with Gasteiger partial charge in [0.1, 0.15) is 5.82 Å². The summed E-state index contributed by atoms with van der Waals surface area (Å²) in [6.45, 7) is 4.98. The molecule has 30 heavy (non-hydrogen) atoms. The molecule has 3 aliphatic rings. The lowest BCUT2D eigenvalue weighted by molar-refractivity contribution is -0.134. The van der Waals surface area contributed by atoms with Crippen LogP contribution in [0.1, 0.15) is 37.7 Å². The lowest BCUT2D eigenvalue weighted by Gasteiger charge is -2.37. The van der Waals surface area contributed by atoms with Crippen LogP contribution in [0.4, 0.5) is 16.0 Å². The Morgan fingerprint density at radius 2 is 1.33 bits per heavy atom. The number of carbonyl (C=O) groups is 1. The fourth-order valence-electron chi connectivity index (χ4n) is 4.74. The highest BCUT2D eigenvalue weighted by atomic mass is 19.1. The van der Waals surface area contributed by atoms with E-state index in [1.54, 1.807) is 12.1 Å². The van der Waals surface area contributed by atoms with Crippen molar-refractivity contribution in [2.45, 2.75) is 37.5 Å². The standard InChI is InChI=1S/C23H28FN5O/c24-19-6-4-18(5-7-19)23(10-11-23)22(30)29-16-14-28(15-17-29)21-9-8-20(25-26-21)27-12-2-1-3-13-27/h4-9H,1-3,10-17H2. The average molecular weight is 410 g/mol. The summed E-state index contributed by atoms with van der Waals surface area (Å²) in [6.07, 6.45) is 5.44. The van der Waals surface area contributed by atoms with Gasteiger partial charge in [-0.2, -0.15) is 0 Å². The van der Waals surface area contributed by atoms with Crippen LogP contribution in [0.25, 0.3) is 0 Å². The topological polar surface area (TPSA) is 52.6 Å². The highest BCUT2D eigenvalue weighted by Gasteiger charge is 2.53. The number of rotatable bonds is 4. The van der Waals surface area contributed by atoms with Crippen molar-refractivity contribution in [3.8, 4) is 0 Å². The van der Waals surface area contributed by atoms with Crippen molar-refractivity contribution in [3.05, 3.63) is 47.8 Å². The minimum Gasteiger partial charge on any atom is -0.355 e. The first-order valence-electron chi connectivity index (χ1n) is 11.0. The number of carbonyl (C=O) groups excluding carboxylic acids is 1. The van der Waals surface area contributed by atoms with Gasteiger partial charge in [-0.15, -0.1) is 10.2 Å². The smallest absolute Gasteiger partial charge is 0.233 e. The number of anilines is 2. The van der Waals surface area contributed by atoms with Crippen molar-refractivity contribution >= 4 is 17.5 Å². The van der Waals surface area contributed by atoms with E-state index in [1.165, 1.54) is 31.4 Å². The van der Waals surface area contributed by atoms with Crippen molar-refractivity contribution in [1.82, 2.24) is 15.1 Å². The molecule has 2 aromatic rings. The number of piperidine rings is 1. The molecule has 6 nitrogen and oxygen atoms in total. The van der Waals surface area contributed by atoms with Crippen LogP contribution in [0.5, 0.6) is 0 Å². The van der Waals surface area contributed by atoms with Gasteiger partial charge in [-0.1, -0.05) is 12.1 Å². The van der Waals surface area contributed by atoms with E-state index >= 15 is 0 Å². The fourth-order valence-corrected chi connectivity index (χ4v) is 4.74. The van der Waals surface area contributed by atoms with E-state index in [4.69, 9.17) is 0 Å². The van der Waals surface area contributed by atoms with Crippen LogP contribution in [0.2, 0.25) is 0 Å². The fraction of sp³-hybridized carbons (Fsp3) is 0.522. The van der Waals surface area contributed by atoms with E-state index in [-0.39, 0.29) is 11.7 Å². The molecule has 1 amide bonds. The maximum absolute atomic E-state index is 13.3. The van der Waals surface area contributed by atoms with Gasteiger partial charge in [-0.05, 0) is 61.9 Å². The largest absolute Gasteiger partial charge is 0.355 e. The zero-order valence-electron chi connectivity index (χ0n) is 17.3. The second-order valence-electron chi connectivity index (χ2n) is 8.67. The van der Waals surface area contributed by atoms with Crippen molar-refractivity contribution in [3.63, 3.8) is 0 Å². The first kappa shape index (κ1) is 19.3. The third kappa shape index (κ3) is 3.61. The SMILES string of the molecule is O=C(N1CCN(c2ccc(N3CCCCC3)nn2)CC1)C1(c2ccc(F)cc2)CC1. The number of hydrogen-bond donors (Lipinski definition) is 0. The lowest BCUT2D eigenvalue weighted by Crippen LogP contribution is -2.51. The van der Waals surface area contributed by atoms with E-state index in [0.717, 1.165) is 56.2 Å². The first-order valence-corrected chi connectivity index (χ1v) is 11.0. The molecule has 1 aliphatic carbocycles. The van der Waals surface area contributed by atoms with E-state index in [2.05, 4.69) is 32.1 Å². The normalized spacial score (nSPS) is 20.9. The van der Waals surface area contributed by atoms with E-state index in [9.17, 15) is 9.18 Å². The van der Waals surface area contributed by atoms with Gasteiger partial charge in [0, 0.05) is 39.3 Å². The molecule has 0 bridgehead atoms. The second kappa shape index (κ2) is 7.85. The minimum atomic E-state index is -0.439. The molecule has 5 rings (SSSR count). The summed E-state index contributed by atoms with van der Waals surface area (Å²) in [6, 6.07) is 10.5. The zero-order valence-corrected chi connectivity index (χ0v) is 17.3. The molecule has 7 heteroatoms. The quantitative estimate of drug-likeness (QED) is 0.777. The van der Waals surface area contributed by atoms with Crippen LogP contribution >= 0.6 is 0 Å². The monoisotopic (exact) mass is 409 g/mol. The van der Waals surface area contributed by atoms with Gasteiger partial charge in [-0.3, -0.25) is 4.79 Å². The number of aromatic nitrogens is 2. The maximum atomic E-state index is 13.3. The molecular weight excluding hydrogens is 381 g/mol. The molecule has 0 atom stereocenters. The Labute approximate surface area is 176 Å². The van der Waals surface area contributed by atoms with Crippen LogP contribution in [0.15, 0.2) is 36.4 Å². The van der Waals surface area contributed by atoms with Crippen molar-refractivity contribution in [2.24, 2.45) is 0 Å². The number of amides is 1. The Balaban J connectivity index is 1.20. The molecule has 0 radical (unpaired) electrons. The first-order chi connectivity index (χ1) is 14.7. The van der Waals surface area contributed by atoms with Gasteiger partial charge in [0.15, 0.2) is 11.6 Å². The highest BCUT2D eigenvalue weighted by molar-refractivity contribution is 5.91. The molecule has 158 valence electrons. The summed E-state index contributed by atoms with van der Waals surface area (Å²) in [5.74, 6) is 1.76. The molecule has 0 N–H and O–H groups in total. The average Bonchev–Trinajstić information content (AvgIpc) is 3.62. The number of benzene rings is 1. The zero-order chi connectivity index (χ0) is 20.6. The molecule has 2 saturated heterocycles. The van der Waals surface area contributed by atoms with Crippen LogP contribution < -0.4 is 9.80 Å². The summed E-state index contributed by atoms with van der Waals surface area (Å²) in [7, 11) is 0. The molecule has 3 heterocycles. The Morgan fingerprint density at radius 3 is 1.87 bits per heavy atom. The van der Waals surface area contributed by atoms with Crippen LogP contribution in [-0.4, -0.2) is 60.3 Å². The van der Waals surface area contributed by atoms with Gasteiger partial charge in [-0.25, -0.2) is 4.39 Å². The minimum absolute atomic E-state index is 0.181. The summed E-state index contributed by atoms with van der Waals surface area (Å²) in [5, 5.41) is 8.91. The van der Waals surface area contributed by atoms with Gasteiger partial charge in [0.05, 0.1) is 5.41 Å². The third-order valence-corrected chi connectivity index (χ3v) is 6.76. The Morgan fingerprint density at radius 1 is 0.767 bits per heavy atom. The Hall–Kier alpha value is -2.70. The molecular formula is C23H28FN5O. The Bertz CT molecular complexity index is 883. The molecule has 1 aromatic heterocycles. The number of piperazine rings is 1. The van der Waals surface area contributed by atoms with Crippen molar-refractivity contribution < 1.29 is 9.18 Å². The predicted octanol–water partition coefficient (Wildman–Crippen LogP) is 2.99. The van der Waals surface area contributed by atoms with E-state index in [1.807, 2.05) is 4.90 Å². The Kier molecular flexibility index (Phi) is 5.05. The molecule has 1 aromatic carbocycles. The van der Waals surface area contributed by atoms with Crippen molar-refractivity contribution in [1.29, 1.82) is 0 Å². The van der Waals surface area contributed by atoms with Crippen LogP contribution in [0.3, 0.4) is 0 Å². The molecule has 3 fully saturated rings. The maximum Gasteiger partial charge on any atom is 0.233 e.